The van der Waals surface area contributed by atoms with Crippen LogP contribution in [0, 0.1) is 11.6 Å². The van der Waals surface area contributed by atoms with Crippen LogP contribution >= 0.6 is 24.0 Å². The van der Waals surface area contributed by atoms with E-state index in [4.69, 9.17) is 4.74 Å². The molecule has 2 aromatic rings. The summed E-state index contributed by atoms with van der Waals surface area (Å²) in [6.45, 7) is 6.27. The predicted octanol–water partition coefficient (Wildman–Crippen LogP) is 3.58. The summed E-state index contributed by atoms with van der Waals surface area (Å²) in [6.07, 6.45) is 2.16. The zero-order valence-electron chi connectivity index (χ0n) is 17.1. The van der Waals surface area contributed by atoms with Crippen LogP contribution in [0.5, 0.6) is 5.75 Å². The van der Waals surface area contributed by atoms with Crippen molar-refractivity contribution >= 4 is 35.8 Å². The molecular formula is C21H28F2IN5O. The predicted molar refractivity (Wildman–Crippen MR) is 126 cm³/mol. The van der Waals surface area contributed by atoms with E-state index in [0.717, 1.165) is 13.0 Å². The number of aliphatic imine (C=N–C) groups is 1. The van der Waals surface area contributed by atoms with Gasteiger partial charge in [-0.2, -0.15) is 0 Å². The Morgan fingerprint density at radius 3 is 2.77 bits per heavy atom. The van der Waals surface area contributed by atoms with Gasteiger partial charge in [-0.05, 0) is 44.5 Å². The highest BCUT2D eigenvalue weighted by Crippen LogP contribution is 2.21. The van der Waals surface area contributed by atoms with Crippen molar-refractivity contribution in [3.63, 3.8) is 0 Å². The molecule has 0 bridgehead atoms. The maximum absolute atomic E-state index is 14.0. The number of halogens is 3. The van der Waals surface area contributed by atoms with Gasteiger partial charge in [-0.3, -0.25) is 0 Å². The summed E-state index contributed by atoms with van der Waals surface area (Å²) in [7, 11) is 0. The largest absolute Gasteiger partial charge is 0.486 e. The normalized spacial score (nSPS) is 17.3. The zero-order chi connectivity index (χ0) is 20.6. The number of aromatic nitrogens is 1. The van der Waals surface area contributed by atoms with Gasteiger partial charge in [0.25, 0.3) is 0 Å². The van der Waals surface area contributed by atoms with Gasteiger partial charge >= 0.3 is 0 Å². The third-order valence-electron chi connectivity index (χ3n) is 4.58. The average Bonchev–Trinajstić information content (AvgIpc) is 3.17. The van der Waals surface area contributed by atoms with Gasteiger partial charge in [0.15, 0.2) is 29.2 Å². The Bertz CT molecular complexity index is 839. The summed E-state index contributed by atoms with van der Waals surface area (Å²) < 4.78 is 33.3. The highest BCUT2D eigenvalue weighted by molar-refractivity contribution is 14.0. The fourth-order valence-corrected chi connectivity index (χ4v) is 3.21. The van der Waals surface area contributed by atoms with Crippen molar-refractivity contribution in [2.24, 2.45) is 4.99 Å². The van der Waals surface area contributed by atoms with Gasteiger partial charge in [0.05, 0.1) is 6.54 Å². The number of guanidine groups is 1. The second-order valence-electron chi connectivity index (χ2n) is 6.96. The quantitative estimate of drug-likeness (QED) is 0.325. The van der Waals surface area contributed by atoms with Crippen LogP contribution in [0.1, 0.15) is 20.3 Å². The fourth-order valence-electron chi connectivity index (χ4n) is 3.21. The van der Waals surface area contributed by atoms with Crippen molar-refractivity contribution in [3.05, 3.63) is 54.2 Å². The van der Waals surface area contributed by atoms with Crippen LogP contribution in [0.25, 0.3) is 0 Å². The fraction of sp³-hybridized carbons (Fsp3) is 0.429. The molecule has 1 aromatic heterocycles. The number of benzene rings is 1. The van der Waals surface area contributed by atoms with Gasteiger partial charge < -0.3 is 20.3 Å². The number of anilines is 1. The van der Waals surface area contributed by atoms with Gasteiger partial charge in [0, 0.05) is 31.9 Å². The van der Waals surface area contributed by atoms with Gasteiger partial charge in [0.1, 0.15) is 6.10 Å². The van der Waals surface area contributed by atoms with E-state index in [9.17, 15) is 8.78 Å². The second-order valence-corrected chi connectivity index (χ2v) is 6.96. The standard InChI is InChI=1S/C21H27F2N5O.HI/c1-3-24-21(26-13-15(2)29-19-9-5-4-7-17(19)22)27-16-10-12-28(14-16)20-18(23)8-6-11-25-20;/h4-9,11,15-16H,3,10,12-14H2,1-2H3,(H2,24,26,27);1H. The highest BCUT2D eigenvalue weighted by Gasteiger charge is 2.26. The molecular weight excluding hydrogens is 503 g/mol. The number of nitrogens with one attached hydrogen (secondary N) is 2. The second kappa shape index (κ2) is 11.9. The van der Waals surface area contributed by atoms with Gasteiger partial charge in [-0.15, -0.1) is 24.0 Å². The van der Waals surface area contributed by atoms with E-state index in [1.807, 2.05) is 18.7 Å². The number of nitrogens with zero attached hydrogens (tertiary/aromatic N) is 3. The van der Waals surface area contributed by atoms with E-state index in [1.54, 1.807) is 30.5 Å². The minimum Gasteiger partial charge on any atom is -0.486 e. The van der Waals surface area contributed by atoms with E-state index >= 15 is 0 Å². The Balaban J connectivity index is 0.00000320. The van der Waals surface area contributed by atoms with Crippen LogP contribution in [0.2, 0.25) is 0 Å². The first-order chi connectivity index (χ1) is 14.1. The Labute approximate surface area is 193 Å². The molecule has 0 spiro atoms. The summed E-state index contributed by atoms with van der Waals surface area (Å²) in [6, 6.07) is 9.46. The molecule has 164 valence electrons. The third kappa shape index (κ3) is 6.68. The van der Waals surface area contributed by atoms with Crippen LogP contribution in [0.15, 0.2) is 47.6 Å². The number of ether oxygens (including phenoxy) is 1. The molecule has 2 N–H and O–H groups in total. The van der Waals surface area contributed by atoms with Gasteiger partial charge in [0.2, 0.25) is 0 Å². The van der Waals surface area contributed by atoms with E-state index in [1.165, 1.54) is 12.1 Å². The summed E-state index contributed by atoms with van der Waals surface area (Å²) in [5.74, 6) is 0.557. The summed E-state index contributed by atoms with van der Waals surface area (Å²) in [4.78, 5) is 10.6. The molecule has 0 aliphatic carbocycles. The molecule has 0 amide bonds. The summed E-state index contributed by atoms with van der Waals surface area (Å²) in [5.41, 5.74) is 0. The smallest absolute Gasteiger partial charge is 0.191 e. The molecule has 1 aromatic carbocycles. The minimum atomic E-state index is -0.388. The molecule has 6 nitrogen and oxygen atoms in total. The molecule has 2 unspecified atom stereocenters. The zero-order valence-corrected chi connectivity index (χ0v) is 19.5. The molecule has 1 aliphatic rings. The number of rotatable bonds is 7. The van der Waals surface area contributed by atoms with Crippen molar-refractivity contribution in [1.29, 1.82) is 0 Å². The van der Waals surface area contributed by atoms with E-state index in [-0.39, 0.29) is 53.5 Å². The van der Waals surface area contributed by atoms with Crippen molar-refractivity contribution < 1.29 is 13.5 Å². The number of hydrogen-bond donors (Lipinski definition) is 2. The van der Waals surface area contributed by atoms with E-state index in [2.05, 4.69) is 20.6 Å². The van der Waals surface area contributed by atoms with Crippen LogP contribution in [-0.2, 0) is 0 Å². The highest BCUT2D eigenvalue weighted by atomic mass is 127. The SMILES string of the molecule is CCNC(=NCC(C)Oc1ccccc1F)NC1CCN(c2ncccc2F)C1.I. The first-order valence-corrected chi connectivity index (χ1v) is 9.88. The van der Waals surface area contributed by atoms with E-state index < -0.39 is 0 Å². The Hall–Kier alpha value is -2.17. The molecule has 0 saturated carbocycles. The van der Waals surface area contributed by atoms with Crippen LogP contribution in [0.4, 0.5) is 14.6 Å². The molecule has 3 rings (SSSR count). The Kier molecular flexibility index (Phi) is 9.54. The van der Waals surface area contributed by atoms with Crippen molar-refractivity contribution in [1.82, 2.24) is 15.6 Å². The van der Waals surface area contributed by atoms with Crippen LogP contribution in [0.3, 0.4) is 0 Å². The molecule has 2 heterocycles. The molecule has 1 fully saturated rings. The van der Waals surface area contributed by atoms with Crippen LogP contribution < -0.4 is 20.3 Å². The number of pyridine rings is 1. The summed E-state index contributed by atoms with van der Waals surface area (Å²) >= 11 is 0. The average molecular weight is 531 g/mol. The van der Waals surface area contributed by atoms with E-state index in [0.29, 0.717) is 31.4 Å². The maximum Gasteiger partial charge on any atom is 0.191 e. The van der Waals surface area contributed by atoms with Gasteiger partial charge in [-0.1, -0.05) is 12.1 Å². The lowest BCUT2D eigenvalue weighted by Gasteiger charge is -2.20. The van der Waals surface area contributed by atoms with Gasteiger partial charge in [-0.25, -0.2) is 18.8 Å². The lowest BCUT2D eigenvalue weighted by molar-refractivity contribution is 0.220. The lowest BCUT2D eigenvalue weighted by Crippen LogP contribution is -2.45. The first-order valence-electron chi connectivity index (χ1n) is 9.88. The maximum atomic E-state index is 14.0. The Morgan fingerprint density at radius 2 is 2.03 bits per heavy atom. The molecule has 0 radical (unpaired) electrons. The minimum absolute atomic E-state index is 0. The monoisotopic (exact) mass is 531 g/mol. The summed E-state index contributed by atoms with van der Waals surface area (Å²) in [5, 5.41) is 6.59. The first kappa shape index (κ1) is 24.1. The number of hydrogen-bond acceptors (Lipinski definition) is 4. The van der Waals surface area contributed by atoms with Crippen LogP contribution in [-0.4, -0.2) is 49.3 Å². The molecule has 9 heteroatoms. The Morgan fingerprint density at radius 1 is 1.27 bits per heavy atom. The lowest BCUT2D eigenvalue weighted by atomic mass is 10.3. The molecule has 1 saturated heterocycles. The molecule has 1 aliphatic heterocycles. The topological polar surface area (TPSA) is 61.8 Å². The van der Waals surface area contributed by atoms with Crippen molar-refractivity contribution in [3.8, 4) is 5.75 Å². The molecule has 30 heavy (non-hydrogen) atoms. The van der Waals surface area contributed by atoms with Crippen molar-refractivity contribution in [2.45, 2.75) is 32.4 Å². The molecule has 2 atom stereocenters. The number of para-hydroxylation sites is 1. The third-order valence-corrected chi connectivity index (χ3v) is 4.58. The van der Waals surface area contributed by atoms with Crippen molar-refractivity contribution in [2.75, 3.05) is 31.1 Å².